The van der Waals surface area contributed by atoms with Crippen LogP contribution >= 0.6 is 11.3 Å². The van der Waals surface area contributed by atoms with Crippen LogP contribution in [0.5, 0.6) is 0 Å². The molecule has 0 saturated carbocycles. The highest BCUT2D eigenvalue weighted by Crippen LogP contribution is 2.37. The lowest BCUT2D eigenvalue weighted by atomic mass is 9.95. The average Bonchev–Trinajstić information content (AvgIpc) is 2.84. The lowest BCUT2D eigenvalue weighted by molar-refractivity contribution is -0.380. The number of hydrogen-bond donors (Lipinski definition) is 1. The monoisotopic (exact) mass is 283 g/mol. The summed E-state index contributed by atoms with van der Waals surface area (Å²) in [5, 5.41) is 10.8. The molecule has 0 radical (unpaired) electrons. The number of rotatable bonds is 4. The minimum atomic E-state index is -0.408. The molecule has 19 heavy (non-hydrogen) atoms. The van der Waals surface area contributed by atoms with Crippen LogP contribution in [0.2, 0.25) is 0 Å². The number of thiophene rings is 1. The Bertz CT molecular complexity index is 488. The molecule has 0 aromatic carbocycles. The molecular weight excluding hydrogens is 266 g/mol. The van der Waals surface area contributed by atoms with Gasteiger partial charge in [0.15, 0.2) is 0 Å². The summed E-state index contributed by atoms with van der Waals surface area (Å²) >= 11 is 1.11. The number of nitrogens with two attached hydrogens (primary N) is 1. The van der Waals surface area contributed by atoms with Crippen molar-refractivity contribution in [1.82, 2.24) is 4.90 Å². The minimum Gasteiger partial charge on any atom is -0.333 e. The molecule has 2 rings (SSSR count). The number of nitrogens with zero attached hydrogens (tertiary/aromatic N) is 2. The molecule has 2 atom stereocenters. The maximum absolute atomic E-state index is 12.0. The number of hydrogen-bond acceptors (Lipinski definition) is 5. The number of carbonyl (C=O) groups is 1. The predicted molar refractivity (Wildman–Crippen MR) is 72.9 cm³/mol. The van der Waals surface area contributed by atoms with Gasteiger partial charge in [-0.25, -0.2) is 0 Å². The molecule has 1 fully saturated rings. The van der Waals surface area contributed by atoms with Crippen LogP contribution < -0.4 is 5.73 Å². The van der Waals surface area contributed by atoms with Gasteiger partial charge in [-0.15, -0.1) is 0 Å². The third-order valence-electron chi connectivity index (χ3n) is 3.30. The summed E-state index contributed by atoms with van der Waals surface area (Å²) in [5.41, 5.74) is 6.12. The van der Waals surface area contributed by atoms with E-state index in [1.54, 1.807) is 11.0 Å². The molecule has 7 heteroatoms. The Labute approximate surface area is 115 Å². The van der Waals surface area contributed by atoms with Crippen molar-refractivity contribution in [1.29, 1.82) is 0 Å². The largest absolute Gasteiger partial charge is 0.333 e. The first kappa shape index (κ1) is 14.0. The third-order valence-corrected chi connectivity index (χ3v) is 4.41. The zero-order chi connectivity index (χ0) is 14.0. The molecule has 1 aromatic heterocycles. The fourth-order valence-electron chi connectivity index (χ4n) is 2.45. The van der Waals surface area contributed by atoms with Crippen LogP contribution in [-0.4, -0.2) is 28.3 Å². The highest BCUT2D eigenvalue weighted by atomic mass is 32.1. The van der Waals surface area contributed by atoms with E-state index in [0.717, 1.165) is 22.6 Å². The van der Waals surface area contributed by atoms with Crippen LogP contribution in [0.1, 0.15) is 37.1 Å². The van der Waals surface area contributed by atoms with Crippen LogP contribution in [0.4, 0.5) is 5.00 Å². The summed E-state index contributed by atoms with van der Waals surface area (Å²) in [6, 6.07) is 2.83. The van der Waals surface area contributed by atoms with Gasteiger partial charge in [0.25, 0.3) is 0 Å². The van der Waals surface area contributed by atoms with Crippen molar-refractivity contribution in [2.75, 3.05) is 6.54 Å². The Balaban J connectivity index is 2.30. The molecule has 1 saturated heterocycles. The number of carbonyl (C=O) groups excluding carboxylic acids is 1. The maximum atomic E-state index is 12.0. The summed E-state index contributed by atoms with van der Waals surface area (Å²) in [6.07, 6.45) is 1.95. The van der Waals surface area contributed by atoms with Gasteiger partial charge in [-0.05, 0) is 18.9 Å². The van der Waals surface area contributed by atoms with Crippen molar-refractivity contribution in [3.05, 3.63) is 27.1 Å². The zero-order valence-corrected chi connectivity index (χ0v) is 11.6. The molecular formula is C12H17N3O3S. The lowest BCUT2D eigenvalue weighted by Crippen LogP contribution is -2.48. The van der Waals surface area contributed by atoms with Gasteiger partial charge < -0.3 is 10.6 Å². The van der Waals surface area contributed by atoms with E-state index in [-0.39, 0.29) is 23.0 Å². The van der Waals surface area contributed by atoms with E-state index in [2.05, 4.69) is 0 Å². The van der Waals surface area contributed by atoms with E-state index in [0.29, 0.717) is 19.4 Å². The van der Waals surface area contributed by atoms with Crippen LogP contribution in [0.3, 0.4) is 0 Å². The van der Waals surface area contributed by atoms with E-state index >= 15 is 0 Å². The number of likely N-dealkylation sites (tertiary alicyclic amines) is 1. The standard InChI is InChI=1S/C12H17N3O3S/c1-2-7-14-10(16)5-3-8(13)12(14)9-4-6-11(19-9)15(17)18/h4,6,8,12H,2-3,5,7,13H2,1H3. The molecule has 1 amide bonds. The summed E-state index contributed by atoms with van der Waals surface area (Å²) in [6.45, 7) is 2.64. The first-order valence-electron chi connectivity index (χ1n) is 6.33. The summed E-state index contributed by atoms with van der Waals surface area (Å²) in [7, 11) is 0. The first-order valence-corrected chi connectivity index (χ1v) is 7.15. The van der Waals surface area contributed by atoms with Crippen molar-refractivity contribution >= 4 is 22.2 Å². The van der Waals surface area contributed by atoms with E-state index in [9.17, 15) is 14.9 Å². The van der Waals surface area contributed by atoms with Crippen LogP contribution in [-0.2, 0) is 4.79 Å². The zero-order valence-electron chi connectivity index (χ0n) is 10.7. The second-order valence-corrected chi connectivity index (χ2v) is 5.76. The van der Waals surface area contributed by atoms with Crippen LogP contribution in [0.15, 0.2) is 12.1 Å². The van der Waals surface area contributed by atoms with Crippen molar-refractivity contribution in [2.24, 2.45) is 5.73 Å². The van der Waals surface area contributed by atoms with Crippen molar-refractivity contribution in [3.8, 4) is 0 Å². The van der Waals surface area contributed by atoms with Crippen LogP contribution in [0.25, 0.3) is 0 Å². The van der Waals surface area contributed by atoms with E-state index in [1.165, 1.54) is 6.07 Å². The molecule has 1 aliphatic rings. The molecule has 0 bridgehead atoms. The Morgan fingerprint density at radius 1 is 1.58 bits per heavy atom. The Morgan fingerprint density at radius 3 is 2.89 bits per heavy atom. The summed E-state index contributed by atoms with van der Waals surface area (Å²) in [5.74, 6) is 0.0876. The quantitative estimate of drug-likeness (QED) is 0.676. The normalized spacial score (nSPS) is 23.7. The second kappa shape index (κ2) is 5.66. The SMILES string of the molecule is CCCN1C(=O)CCC(N)C1c1ccc([N+](=O)[O-])s1. The van der Waals surface area contributed by atoms with Crippen molar-refractivity contribution < 1.29 is 9.72 Å². The lowest BCUT2D eigenvalue weighted by Gasteiger charge is -2.39. The molecule has 2 N–H and O–H groups in total. The average molecular weight is 283 g/mol. The molecule has 0 spiro atoms. The van der Waals surface area contributed by atoms with Gasteiger partial charge in [-0.1, -0.05) is 18.3 Å². The van der Waals surface area contributed by atoms with Gasteiger partial charge in [0.2, 0.25) is 5.91 Å². The molecule has 0 aliphatic carbocycles. The first-order chi connectivity index (χ1) is 9.04. The Kier molecular flexibility index (Phi) is 4.16. The summed E-state index contributed by atoms with van der Waals surface area (Å²) in [4.78, 5) is 24.9. The van der Waals surface area contributed by atoms with Crippen molar-refractivity contribution in [2.45, 2.75) is 38.3 Å². The molecule has 2 heterocycles. The smallest absolute Gasteiger partial charge is 0.324 e. The summed E-state index contributed by atoms with van der Waals surface area (Å²) < 4.78 is 0. The van der Waals surface area contributed by atoms with Gasteiger partial charge in [0.1, 0.15) is 0 Å². The molecule has 1 aliphatic heterocycles. The van der Waals surface area contributed by atoms with E-state index < -0.39 is 4.92 Å². The van der Waals surface area contributed by atoms with E-state index in [4.69, 9.17) is 5.73 Å². The molecule has 6 nitrogen and oxygen atoms in total. The molecule has 104 valence electrons. The van der Waals surface area contributed by atoms with Gasteiger partial charge in [0.05, 0.1) is 11.0 Å². The van der Waals surface area contributed by atoms with Gasteiger partial charge in [0, 0.05) is 30.0 Å². The number of nitro groups is 1. The van der Waals surface area contributed by atoms with Gasteiger partial charge in [-0.2, -0.15) is 0 Å². The van der Waals surface area contributed by atoms with Crippen molar-refractivity contribution in [3.63, 3.8) is 0 Å². The highest BCUT2D eigenvalue weighted by Gasteiger charge is 2.35. The number of amides is 1. The highest BCUT2D eigenvalue weighted by molar-refractivity contribution is 7.15. The third kappa shape index (κ3) is 2.76. The fourth-order valence-corrected chi connectivity index (χ4v) is 3.46. The van der Waals surface area contributed by atoms with Gasteiger partial charge in [-0.3, -0.25) is 14.9 Å². The topological polar surface area (TPSA) is 89.5 Å². The second-order valence-electron chi connectivity index (χ2n) is 4.67. The maximum Gasteiger partial charge on any atom is 0.324 e. The predicted octanol–water partition coefficient (Wildman–Crippen LogP) is 2.06. The van der Waals surface area contributed by atoms with E-state index in [1.807, 2.05) is 6.92 Å². The van der Waals surface area contributed by atoms with Gasteiger partial charge >= 0.3 is 5.00 Å². The molecule has 2 unspecified atom stereocenters. The fraction of sp³-hybridized carbons (Fsp3) is 0.583. The Morgan fingerprint density at radius 2 is 2.32 bits per heavy atom. The van der Waals surface area contributed by atoms with Crippen LogP contribution in [0, 0.1) is 10.1 Å². The molecule has 1 aromatic rings. The Hall–Kier alpha value is -1.47. The minimum absolute atomic E-state index is 0.0876. The number of piperidine rings is 1.